The Hall–Kier alpha value is -0.450. The Kier molecular flexibility index (Phi) is 4.76. The molecule has 0 aliphatic heterocycles. The molecule has 2 rings (SSSR count). The minimum Gasteiger partial charge on any atom is -0.330 e. The van der Waals surface area contributed by atoms with Gasteiger partial charge in [-0.05, 0) is 58.5 Å². The van der Waals surface area contributed by atoms with Crippen LogP contribution in [0.2, 0.25) is 0 Å². The van der Waals surface area contributed by atoms with Gasteiger partial charge in [0.05, 0.1) is 10.7 Å². The zero-order valence-corrected chi connectivity index (χ0v) is 12.5. The zero-order valence-electron chi connectivity index (χ0n) is 11.7. The second-order valence-electron chi connectivity index (χ2n) is 5.50. The number of hydrogen-bond donors (Lipinski definition) is 2. The highest BCUT2D eigenvalue weighted by Gasteiger charge is 2.26. The first-order valence-electron chi connectivity index (χ1n) is 6.99. The lowest BCUT2D eigenvalue weighted by Gasteiger charge is -2.21. The third-order valence-electron chi connectivity index (χ3n) is 4.14. The number of thiazole rings is 1. The first-order chi connectivity index (χ1) is 8.61. The van der Waals surface area contributed by atoms with E-state index >= 15 is 0 Å². The van der Waals surface area contributed by atoms with Crippen molar-refractivity contribution in [2.75, 3.05) is 13.1 Å². The molecule has 1 saturated carbocycles. The van der Waals surface area contributed by atoms with E-state index in [0.29, 0.717) is 6.04 Å². The number of hydrogen-bond acceptors (Lipinski definition) is 4. The Labute approximate surface area is 114 Å². The summed E-state index contributed by atoms with van der Waals surface area (Å²) in [6, 6.07) is 0.412. The number of aryl methyl sites for hydroxylation is 2. The molecule has 0 amide bonds. The third kappa shape index (κ3) is 3.11. The molecule has 1 aromatic rings. The molecule has 0 saturated heterocycles. The maximum Gasteiger partial charge on any atom is 0.0900 e. The Bertz CT molecular complexity index is 388. The van der Waals surface area contributed by atoms with E-state index in [0.717, 1.165) is 29.9 Å². The van der Waals surface area contributed by atoms with Crippen LogP contribution in [0.3, 0.4) is 0 Å². The molecule has 3 N–H and O–H groups in total. The lowest BCUT2D eigenvalue weighted by molar-refractivity contribution is 0.360. The number of nitrogens with one attached hydrogen (secondary N) is 1. The fourth-order valence-electron chi connectivity index (χ4n) is 3.06. The van der Waals surface area contributed by atoms with Crippen molar-refractivity contribution in [2.24, 2.45) is 17.6 Å². The normalized spacial score (nSPS) is 25.6. The van der Waals surface area contributed by atoms with Crippen molar-refractivity contribution in [3.05, 3.63) is 15.6 Å². The van der Waals surface area contributed by atoms with Gasteiger partial charge in [0.2, 0.25) is 0 Å². The molecule has 102 valence electrons. The monoisotopic (exact) mass is 267 g/mol. The van der Waals surface area contributed by atoms with Crippen LogP contribution in [0.5, 0.6) is 0 Å². The maximum absolute atomic E-state index is 5.83. The van der Waals surface area contributed by atoms with Crippen LogP contribution in [0.15, 0.2) is 0 Å². The van der Waals surface area contributed by atoms with Crippen molar-refractivity contribution in [2.45, 2.75) is 46.1 Å². The molecule has 3 nitrogen and oxygen atoms in total. The molecule has 18 heavy (non-hydrogen) atoms. The second kappa shape index (κ2) is 6.13. The van der Waals surface area contributed by atoms with Crippen LogP contribution < -0.4 is 11.1 Å². The van der Waals surface area contributed by atoms with E-state index in [4.69, 9.17) is 5.73 Å². The summed E-state index contributed by atoms with van der Waals surface area (Å²) in [6.07, 6.45) is 4.00. The molecule has 1 heterocycles. The summed E-state index contributed by atoms with van der Waals surface area (Å²) in [5.41, 5.74) is 7.01. The van der Waals surface area contributed by atoms with Gasteiger partial charge < -0.3 is 11.1 Å². The summed E-state index contributed by atoms with van der Waals surface area (Å²) in [5.74, 6) is 1.50. The highest BCUT2D eigenvalue weighted by atomic mass is 32.1. The molecule has 4 heteroatoms. The van der Waals surface area contributed by atoms with Gasteiger partial charge in [-0.15, -0.1) is 11.3 Å². The molecular weight excluding hydrogens is 242 g/mol. The molecular formula is C14H25N3S. The first kappa shape index (κ1) is 14.0. The molecule has 1 aromatic heterocycles. The van der Waals surface area contributed by atoms with Gasteiger partial charge in [-0.2, -0.15) is 0 Å². The molecule has 0 spiro atoms. The van der Waals surface area contributed by atoms with Gasteiger partial charge in [-0.1, -0.05) is 6.42 Å². The summed E-state index contributed by atoms with van der Waals surface area (Å²) in [6.45, 7) is 8.37. The van der Waals surface area contributed by atoms with E-state index in [1.807, 2.05) is 11.3 Å². The summed E-state index contributed by atoms with van der Waals surface area (Å²) in [5, 5.41) is 4.84. The molecule has 0 bridgehead atoms. The van der Waals surface area contributed by atoms with Crippen LogP contribution in [-0.2, 0) is 0 Å². The molecule has 3 unspecified atom stereocenters. The Morgan fingerprint density at radius 1 is 1.39 bits per heavy atom. The van der Waals surface area contributed by atoms with Gasteiger partial charge in [-0.3, -0.25) is 0 Å². The summed E-state index contributed by atoms with van der Waals surface area (Å²) < 4.78 is 0. The highest BCUT2D eigenvalue weighted by Crippen LogP contribution is 2.31. The van der Waals surface area contributed by atoms with E-state index in [1.165, 1.54) is 29.8 Å². The molecule has 1 aliphatic rings. The number of aromatic nitrogens is 1. The standard InChI is InChI=1S/C14H25N3S/c1-9(14-10(2)17-11(3)18-14)16-8-13-6-4-5-12(13)7-15/h9,12-13,16H,4-8,15H2,1-3H3. The van der Waals surface area contributed by atoms with Crippen LogP contribution in [0.25, 0.3) is 0 Å². The van der Waals surface area contributed by atoms with Gasteiger partial charge in [0.25, 0.3) is 0 Å². The Morgan fingerprint density at radius 2 is 2.11 bits per heavy atom. The van der Waals surface area contributed by atoms with Gasteiger partial charge in [-0.25, -0.2) is 4.98 Å². The van der Waals surface area contributed by atoms with E-state index in [1.54, 1.807) is 0 Å². The topological polar surface area (TPSA) is 50.9 Å². The molecule has 1 fully saturated rings. The summed E-state index contributed by atoms with van der Waals surface area (Å²) in [7, 11) is 0. The van der Waals surface area contributed by atoms with Crippen molar-refractivity contribution >= 4 is 11.3 Å². The molecule has 0 radical (unpaired) electrons. The predicted molar refractivity (Wildman–Crippen MR) is 77.9 cm³/mol. The van der Waals surface area contributed by atoms with E-state index in [-0.39, 0.29) is 0 Å². The van der Waals surface area contributed by atoms with Crippen molar-refractivity contribution in [3.8, 4) is 0 Å². The fourth-order valence-corrected chi connectivity index (χ4v) is 4.02. The van der Waals surface area contributed by atoms with Crippen LogP contribution in [-0.4, -0.2) is 18.1 Å². The lowest BCUT2D eigenvalue weighted by atomic mass is 9.96. The largest absolute Gasteiger partial charge is 0.330 e. The van der Waals surface area contributed by atoms with Crippen molar-refractivity contribution in [1.29, 1.82) is 0 Å². The summed E-state index contributed by atoms with van der Waals surface area (Å²) >= 11 is 1.81. The average Bonchev–Trinajstić information content (AvgIpc) is 2.92. The lowest BCUT2D eigenvalue weighted by Crippen LogP contribution is -2.30. The third-order valence-corrected chi connectivity index (χ3v) is 5.39. The minimum absolute atomic E-state index is 0.412. The quantitative estimate of drug-likeness (QED) is 0.862. The zero-order chi connectivity index (χ0) is 13.1. The average molecular weight is 267 g/mol. The smallest absolute Gasteiger partial charge is 0.0900 e. The summed E-state index contributed by atoms with van der Waals surface area (Å²) in [4.78, 5) is 5.89. The maximum atomic E-state index is 5.83. The van der Waals surface area contributed by atoms with E-state index < -0.39 is 0 Å². The minimum atomic E-state index is 0.412. The van der Waals surface area contributed by atoms with Crippen molar-refractivity contribution < 1.29 is 0 Å². The number of nitrogens with two attached hydrogens (primary N) is 1. The van der Waals surface area contributed by atoms with Crippen molar-refractivity contribution in [1.82, 2.24) is 10.3 Å². The van der Waals surface area contributed by atoms with E-state index in [9.17, 15) is 0 Å². The first-order valence-corrected chi connectivity index (χ1v) is 7.80. The van der Waals surface area contributed by atoms with Gasteiger partial charge >= 0.3 is 0 Å². The van der Waals surface area contributed by atoms with Gasteiger partial charge in [0, 0.05) is 10.9 Å². The van der Waals surface area contributed by atoms with Crippen LogP contribution >= 0.6 is 11.3 Å². The highest BCUT2D eigenvalue weighted by molar-refractivity contribution is 7.11. The number of rotatable bonds is 5. The van der Waals surface area contributed by atoms with Crippen molar-refractivity contribution in [3.63, 3.8) is 0 Å². The SMILES string of the molecule is Cc1nc(C)c(C(C)NCC2CCCC2CN)s1. The van der Waals surface area contributed by atoms with Gasteiger partial charge in [0.1, 0.15) is 0 Å². The Morgan fingerprint density at radius 3 is 2.72 bits per heavy atom. The number of nitrogens with zero attached hydrogens (tertiary/aromatic N) is 1. The van der Waals surface area contributed by atoms with Crippen LogP contribution in [0.4, 0.5) is 0 Å². The van der Waals surface area contributed by atoms with E-state index in [2.05, 4.69) is 31.1 Å². The van der Waals surface area contributed by atoms with Crippen LogP contribution in [0.1, 0.15) is 47.8 Å². The molecule has 3 atom stereocenters. The molecule has 0 aromatic carbocycles. The Balaban J connectivity index is 1.88. The fraction of sp³-hybridized carbons (Fsp3) is 0.786. The van der Waals surface area contributed by atoms with Gasteiger partial charge in [0.15, 0.2) is 0 Å². The predicted octanol–water partition coefficient (Wildman–Crippen LogP) is 2.79. The second-order valence-corrected chi connectivity index (χ2v) is 6.73. The van der Waals surface area contributed by atoms with Crippen LogP contribution in [0, 0.1) is 25.7 Å². The molecule has 1 aliphatic carbocycles.